The molecule has 9 aromatic rings. The lowest BCUT2D eigenvalue weighted by Crippen LogP contribution is -1.98. The lowest BCUT2D eigenvalue weighted by Gasteiger charge is -2.18. The summed E-state index contributed by atoms with van der Waals surface area (Å²) in [5, 5.41) is 14.0. The van der Waals surface area contributed by atoms with Crippen LogP contribution in [0.4, 0.5) is 11.4 Å². The number of fused-ring (bicyclic) bond motifs is 6. The zero-order chi connectivity index (χ0) is 33.8. The molecule has 2 aromatic heterocycles. The van der Waals surface area contributed by atoms with Gasteiger partial charge in [0.15, 0.2) is 11.4 Å². The van der Waals surface area contributed by atoms with Gasteiger partial charge in [-0.05, 0) is 77.4 Å². The van der Waals surface area contributed by atoms with E-state index in [9.17, 15) is 5.26 Å². The van der Waals surface area contributed by atoms with Gasteiger partial charge >= 0.3 is 0 Å². The average Bonchev–Trinajstić information content (AvgIpc) is 3.70. The predicted molar refractivity (Wildman–Crippen MR) is 203 cm³/mol. The molecule has 0 aliphatic carbocycles. The van der Waals surface area contributed by atoms with Gasteiger partial charge in [0.1, 0.15) is 0 Å². The Kier molecular flexibility index (Phi) is 6.56. The van der Waals surface area contributed by atoms with Gasteiger partial charge in [0.05, 0.1) is 46.8 Å². The molecule has 5 nitrogen and oxygen atoms in total. The maximum absolute atomic E-state index is 9.65. The Hall–Kier alpha value is -7.39. The number of aromatic nitrogens is 2. The number of para-hydroxylation sites is 3. The Morgan fingerprint density at radius 2 is 1.04 bits per heavy atom. The van der Waals surface area contributed by atoms with Crippen molar-refractivity contribution < 1.29 is 0 Å². The van der Waals surface area contributed by atoms with Crippen LogP contribution in [0.1, 0.15) is 5.56 Å². The topological polar surface area (TPSA) is 42.4 Å². The number of hydrogen-bond donors (Lipinski definition) is 0. The Labute approximate surface area is 288 Å². The van der Waals surface area contributed by atoms with Crippen molar-refractivity contribution in [1.82, 2.24) is 9.13 Å². The zero-order valence-corrected chi connectivity index (χ0v) is 26.7. The van der Waals surface area contributed by atoms with E-state index >= 15 is 0 Å². The van der Waals surface area contributed by atoms with Crippen LogP contribution in [0, 0.1) is 24.5 Å². The third kappa shape index (κ3) is 4.38. The van der Waals surface area contributed by atoms with E-state index < -0.39 is 0 Å². The van der Waals surface area contributed by atoms with Crippen molar-refractivity contribution in [3.63, 3.8) is 0 Å². The zero-order valence-electron chi connectivity index (χ0n) is 26.7. The van der Waals surface area contributed by atoms with Crippen molar-refractivity contribution in [2.45, 2.75) is 0 Å². The Bertz CT molecular complexity index is 2920. The van der Waals surface area contributed by atoms with Gasteiger partial charge in [0.2, 0.25) is 0 Å². The maximum atomic E-state index is 9.65. The number of rotatable bonds is 4. The lowest BCUT2D eigenvalue weighted by atomic mass is 9.92. The maximum Gasteiger partial charge on any atom is 0.189 e. The first-order valence-electron chi connectivity index (χ1n) is 16.2. The standard InChI is InChI=1S/C45H25N5/c1-47-31-20-21-39(45(27-31)50-42-17-9-5-13-36(42)37-14-6-10-18-43(37)50)35-12-4-3-11-34(35)30-24-32(48-2)26-33(25-30)49-41-16-8-7-15-38(41)40-23-29(28-46)19-22-44(40)49/h3-27H. The van der Waals surface area contributed by atoms with E-state index in [2.05, 4.69) is 104 Å². The molecule has 0 spiro atoms. The predicted octanol–water partition coefficient (Wildman–Crippen LogP) is 12.2. The second kappa shape index (κ2) is 11.4. The second-order valence-electron chi connectivity index (χ2n) is 12.3. The number of nitrogens with zero attached hydrogens (tertiary/aromatic N) is 5. The van der Waals surface area contributed by atoms with E-state index in [1.165, 1.54) is 0 Å². The molecule has 0 unspecified atom stereocenters. The number of nitriles is 1. The molecular weight excluding hydrogens is 611 g/mol. The third-order valence-corrected chi connectivity index (χ3v) is 9.55. The SMILES string of the molecule is [C-]#[N+]c1cc(-c2ccccc2-c2ccc([N+]#[C-])cc2-n2c3ccccc3c3ccccc32)cc(-n2c3ccccc3c3cc(C#N)ccc32)c1. The molecule has 0 amide bonds. The highest BCUT2D eigenvalue weighted by atomic mass is 15.0. The molecule has 0 fully saturated rings. The van der Waals surface area contributed by atoms with E-state index in [1.807, 2.05) is 72.8 Å². The molecule has 2 heterocycles. The summed E-state index contributed by atoms with van der Waals surface area (Å²) in [5.74, 6) is 0. The van der Waals surface area contributed by atoms with Crippen molar-refractivity contribution in [3.8, 4) is 39.7 Å². The minimum absolute atomic E-state index is 0.526. The first-order valence-corrected chi connectivity index (χ1v) is 16.2. The molecule has 0 aliphatic rings. The van der Waals surface area contributed by atoms with Gasteiger partial charge in [-0.25, -0.2) is 9.69 Å². The summed E-state index contributed by atoms with van der Waals surface area (Å²) >= 11 is 0. The van der Waals surface area contributed by atoms with E-state index in [0.717, 1.165) is 77.2 Å². The smallest absolute Gasteiger partial charge is 0.189 e. The van der Waals surface area contributed by atoms with Crippen LogP contribution in [-0.2, 0) is 0 Å². The van der Waals surface area contributed by atoms with Gasteiger partial charge in [0.25, 0.3) is 0 Å². The monoisotopic (exact) mass is 635 g/mol. The summed E-state index contributed by atoms with van der Waals surface area (Å²) in [5.41, 5.74) is 11.4. The van der Waals surface area contributed by atoms with Gasteiger partial charge in [-0.1, -0.05) is 91.0 Å². The Balaban J connectivity index is 1.31. The fourth-order valence-corrected chi connectivity index (χ4v) is 7.42. The molecule has 0 saturated carbocycles. The molecule has 50 heavy (non-hydrogen) atoms. The first-order chi connectivity index (χ1) is 24.7. The fourth-order valence-electron chi connectivity index (χ4n) is 7.42. The second-order valence-corrected chi connectivity index (χ2v) is 12.3. The molecule has 7 aromatic carbocycles. The molecule has 0 bridgehead atoms. The van der Waals surface area contributed by atoms with Crippen LogP contribution in [-0.4, -0.2) is 9.13 Å². The largest absolute Gasteiger partial charge is 0.310 e. The van der Waals surface area contributed by atoms with Crippen LogP contribution >= 0.6 is 0 Å². The van der Waals surface area contributed by atoms with Gasteiger partial charge in [-0.3, -0.25) is 0 Å². The Morgan fingerprint density at radius 1 is 0.460 bits per heavy atom. The lowest BCUT2D eigenvalue weighted by molar-refractivity contribution is 1.18. The van der Waals surface area contributed by atoms with E-state index in [0.29, 0.717) is 16.9 Å². The highest BCUT2D eigenvalue weighted by molar-refractivity contribution is 6.11. The molecule has 0 atom stereocenters. The fraction of sp³-hybridized carbons (Fsp3) is 0. The van der Waals surface area contributed by atoms with Gasteiger partial charge < -0.3 is 9.13 Å². The Morgan fingerprint density at radius 3 is 1.70 bits per heavy atom. The van der Waals surface area contributed by atoms with E-state index in [4.69, 9.17) is 13.1 Å². The number of hydrogen-bond acceptors (Lipinski definition) is 1. The van der Waals surface area contributed by atoms with Crippen LogP contribution in [0.5, 0.6) is 0 Å². The molecule has 5 heteroatoms. The van der Waals surface area contributed by atoms with Crippen molar-refractivity contribution in [1.29, 1.82) is 5.26 Å². The molecule has 0 N–H and O–H groups in total. The molecule has 0 saturated heterocycles. The summed E-state index contributed by atoms with van der Waals surface area (Å²) < 4.78 is 4.45. The first kappa shape index (κ1) is 28.8. The average molecular weight is 636 g/mol. The highest BCUT2D eigenvalue weighted by Gasteiger charge is 2.20. The molecular formula is C45H25N5. The van der Waals surface area contributed by atoms with Crippen LogP contribution in [0.15, 0.2) is 152 Å². The minimum Gasteiger partial charge on any atom is -0.310 e. The van der Waals surface area contributed by atoms with Crippen molar-refractivity contribution >= 4 is 55.0 Å². The van der Waals surface area contributed by atoms with Crippen LogP contribution in [0.2, 0.25) is 0 Å². The van der Waals surface area contributed by atoms with Crippen molar-refractivity contribution in [3.05, 3.63) is 180 Å². The number of benzene rings is 7. The van der Waals surface area contributed by atoms with Crippen LogP contribution in [0.3, 0.4) is 0 Å². The normalized spacial score (nSPS) is 11.1. The molecule has 0 aliphatic heterocycles. The van der Waals surface area contributed by atoms with Gasteiger partial charge in [-0.2, -0.15) is 5.26 Å². The quantitative estimate of drug-likeness (QED) is 0.177. The van der Waals surface area contributed by atoms with Crippen molar-refractivity contribution in [2.24, 2.45) is 0 Å². The summed E-state index contributed by atoms with van der Waals surface area (Å²) in [7, 11) is 0. The van der Waals surface area contributed by atoms with E-state index in [-0.39, 0.29) is 0 Å². The summed E-state index contributed by atoms with van der Waals surface area (Å²) in [4.78, 5) is 7.75. The van der Waals surface area contributed by atoms with E-state index in [1.54, 1.807) is 0 Å². The third-order valence-electron chi connectivity index (χ3n) is 9.55. The van der Waals surface area contributed by atoms with Gasteiger partial charge in [-0.15, -0.1) is 0 Å². The molecule has 230 valence electrons. The summed E-state index contributed by atoms with van der Waals surface area (Å²) in [6.45, 7) is 16.0. The van der Waals surface area contributed by atoms with Gasteiger partial charge in [0, 0.05) is 38.5 Å². The van der Waals surface area contributed by atoms with Crippen molar-refractivity contribution in [2.75, 3.05) is 0 Å². The minimum atomic E-state index is 0.526. The van der Waals surface area contributed by atoms with Crippen LogP contribution in [0.25, 0.3) is 86.9 Å². The molecule has 9 rings (SSSR count). The van der Waals surface area contributed by atoms with Crippen LogP contribution < -0.4 is 0 Å². The molecule has 0 radical (unpaired) electrons. The summed E-state index contributed by atoms with van der Waals surface area (Å²) in [6.07, 6.45) is 0. The highest BCUT2D eigenvalue weighted by Crippen LogP contribution is 2.43. The summed E-state index contributed by atoms with van der Waals surface area (Å²) in [6, 6.07) is 53.2.